The number of halogens is 1. The average molecular weight is 249 g/mol. The number of aromatic nitrogens is 1. The number of nitrogens with one attached hydrogen (secondary N) is 1. The van der Waals surface area contributed by atoms with Crippen molar-refractivity contribution in [3.63, 3.8) is 0 Å². The Morgan fingerprint density at radius 3 is 2.82 bits per heavy atom. The Bertz CT molecular complexity index is 566. The smallest absolute Gasteiger partial charge is 0.242 e. The zero-order valence-corrected chi connectivity index (χ0v) is 10.5. The highest BCUT2D eigenvalue weighted by Crippen LogP contribution is 2.22. The van der Waals surface area contributed by atoms with Crippen LogP contribution >= 0.6 is 11.6 Å². The lowest BCUT2D eigenvalue weighted by molar-refractivity contribution is -0.115. The fourth-order valence-electron chi connectivity index (χ4n) is 1.58. The number of carbonyl (C=O) groups is 1. The lowest BCUT2D eigenvalue weighted by atomic mass is 10.1. The summed E-state index contributed by atoms with van der Waals surface area (Å²) in [6.07, 6.45) is 0. The maximum absolute atomic E-state index is 11.6. The van der Waals surface area contributed by atoms with Gasteiger partial charge in [0.15, 0.2) is 0 Å². The molecule has 17 heavy (non-hydrogen) atoms. The molecule has 0 fully saturated rings. The minimum absolute atomic E-state index is 0.220. The third-order valence-electron chi connectivity index (χ3n) is 2.48. The van der Waals surface area contributed by atoms with E-state index in [4.69, 9.17) is 11.6 Å². The van der Waals surface area contributed by atoms with Crippen LogP contribution in [-0.2, 0) is 4.79 Å². The first-order valence-electron chi connectivity index (χ1n) is 5.39. The van der Waals surface area contributed by atoms with Crippen molar-refractivity contribution in [1.82, 2.24) is 4.98 Å². The molecule has 1 amide bonds. The van der Waals surface area contributed by atoms with Crippen molar-refractivity contribution >= 4 is 34.1 Å². The minimum atomic E-state index is -0.560. The van der Waals surface area contributed by atoms with Crippen LogP contribution in [0.15, 0.2) is 30.3 Å². The summed E-state index contributed by atoms with van der Waals surface area (Å²) in [6, 6.07) is 9.59. The molecule has 0 aliphatic rings. The number of aryl methyl sites for hydroxylation is 1. The summed E-state index contributed by atoms with van der Waals surface area (Å²) < 4.78 is 0. The van der Waals surface area contributed by atoms with Gasteiger partial charge in [-0.3, -0.25) is 9.78 Å². The molecule has 0 saturated heterocycles. The van der Waals surface area contributed by atoms with Crippen molar-refractivity contribution in [2.24, 2.45) is 0 Å². The van der Waals surface area contributed by atoms with E-state index in [1.165, 1.54) is 0 Å². The Kier molecular flexibility index (Phi) is 3.29. The minimum Gasteiger partial charge on any atom is -0.323 e. The summed E-state index contributed by atoms with van der Waals surface area (Å²) in [4.78, 5) is 16.0. The number of carbonyl (C=O) groups excluding carboxylic acids is 1. The van der Waals surface area contributed by atoms with E-state index in [1.807, 2.05) is 37.3 Å². The molecule has 1 aromatic heterocycles. The van der Waals surface area contributed by atoms with E-state index in [1.54, 1.807) is 6.92 Å². The lowest BCUT2D eigenvalue weighted by Gasteiger charge is -2.09. The Balaban J connectivity index is 2.46. The Hall–Kier alpha value is -1.61. The number of anilines is 1. The van der Waals surface area contributed by atoms with E-state index in [9.17, 15) is 4.79 Å². The molecule has 1 aromatic carbocycles. The van der Waals surface area contributed by atoms with Crippen molar-refractivity contribution in [2.75, 3.05) is 5.32 Å². The van der Waals surface area contributed by atoms with Crippen molar-refractivity contribution in [2.45, 2.75) is 19.2 Å². The van der Waals surface area contributed by atoms with E-state index in [-0.39, 0.29) is 5.91 Å². The molecule has 1 N–H and O–H groups in total. The third-order valence-corrected chi connectivity index (χ3v) is 2.68. The maximum Gasteiger partial charge on any atom is 0.242 e. The number of rotatable bonds is 2. The quantitative estimate of drug-likeness (QED) is 0.830. The fraction of sp³-hybridized carbons (Fsp3) is 0.231. The standard InChI is InChI=1S/C13H13ClN2O/c1-8-6-7-10-4-3-5-11(12(10)15-8)16-13(17)9(2)14/h3-7,9H,1-2H3,(H,16,17). The van der Waals surface area contributed by atoms with Gasteiger partial charge in [0.1, 0.15) is 5.38 Å². The monoisotopic (exact) mass is 248 g/mol. The number of pyridine rings is 1. The molecule has 0 radical (unpaired) electrons. The second-order valence-electron chi connectivity index (χ2n) is 3.94. The van der Waals surface area contributed by atoms with E-state index in [2.05, 4.69) is 10.3 Å². The molecule has 1 atom stereocenters. The zero-order valence-electron chi connectivity index (χ0n) is 9.70. The fourth-order valence-corrected chi connectivity index (χ4v) is 1.63. The average Bonchev–Trinajstić information content (AvgIpc) is 2.29. The molecule has 0 aliphatic carbocycles. The Labute approximate surface area is 105 Å². The lowest BCUT2D eigenvalue weighted by Crippen LogP contribution is -2.20. The molecule has 4 heteroatoms. The maximum atomic E-state index is 11.6. The molecule has 2 rings (SSSR count). The van der Waals surface area contributed by atoms with Crippen LogP contribution in [0.1, 0.15) is 12.6 Å². The van der Waals surface area contributed by atoms with Crippen molar-refractivity contribution in [1.29, 1.82) is 0 Å². The van der Waals surface area contributed by atoms with E-state index in [0.717, 1.165) is 16.6 Å². The predicted molar refractivity (Wildman–Crippen MR) is 70.4 cm³/mol. The highest BCUT2D eigenvalue weighted by molar-refractivity contribution is 6.32. The van der Waals surface area contributed by atoms with E-state index >= 15 is 0 Å². The molecule has 0 spiro atoms. The van der Waals surface area contributed by atoms with Crippen LogP contribution < -0.4 is 5.32 Å². The van der Waals surface area contributed by atoms with Crippen LogP contribution in [0.25, 0.3) is 10.9 Å². The largest absolute Gasteiger partial charge is 0.323 e. The van der Waals surface area contributed by atoms with Gasteiger partial charge in [0.25, 0.3) is 0 Å². The number of nitrogens with zero attached hydrogens (tertiary/aromatic N) is 1. The van der Waals surface area contributed by atoms with Gasteiger partial charge in [0.05, 0.1) is 11.2 Å². The first kappa shape index (κ1) is 11.9. The highest BCUT2D eigenvalue weighted by Gasteiger charge is 2.11. The number of alkyl halides is 1. The second-order valence-corrected chi connectivity index (χ2v) is 4.59. The Morgan fingerprint density at radius 2 is 2.12 bits per heavy atom. The summed E-state index contributed by atoms with van der Waals surface area (Å²) in [5, 5.41) is 3.21. The zero-order chi connectivity index (χ0) is 12.4. The van der Waals surface area contributed by atoms with Gasteiger partial charge in [-0.25, -0.2) is 0 Å². The number of hydrogen-bond acceptors (Lipinski definition) is 2. The highest BCUT2D eigenvalue weighted by atomic mass is 35.5. The van der Waals surface area contributed by atoms with Gasteiger partial charge in [-0.05, 0) is 26.0 Å². The molecule has 3 nitrogen and oxygen atoms in total. The molecule has 88 valence electrons. The number of para-hydroxylation sites is 1. The number of fused-ring (bicyclic) bond motifs is 1. The number of hydrogen-bond donors (Lipinski definition) is 1. The first-order chi connectivity index (χ1) is 8.08. The topological polar surface area (TPSA) is 42.0 Å². The Morgan fingerprint density at radius 1 is 1.35 bits per heavy atom. The van der Waals surface area contributed by atoms with Gasteiger partial charge < -0.3 is 5.32 Å². The van der Waals surface area contributed by atoms with Gasteiger partial charge in [-0.1, -0.05) is 18.2 Å². The first-order valence-corrected chi connectivity index (χ1v) is 5.83. The molecular formula is C13H13ClN2O. The van der Waals surface area contributed by atoms with Gasteiger partial charge >= 0.3 is 0 Å². The molecule has 0 aliphatic heterocycles. The van der Waals surface area contributed by atoms with Gasteiger partial charge in [-0.15, -0.1) is 11.6 Å². The predicted octanol–water partition coefficient (Wildman–Crippen LogP) is 3.11. The molecule has 0 bridgehead atoms. The molecule has 1 heterocycles. The molecule has 0 saturated carbocycles. The van der Waals surface area contributed by atoms with Crippen molar-refractivity contribution in [3.05, 3.63) is 36.0 Å². The van der Waals surface area contributed by atoms with Crippen LogP contribution in [0.5, 0.6) is 0 Å². The van der Waals surface area contributed by atoms with Crippen LogP contribution in [0.2, 0.25) is 0 Å². The normalized spacial score (nSPS) is 12.4. The summed E-state index contributed by atoms with van der Waals surface area (Å²) in [5.41, 5.74) is 2.40. The summed E-state index contributed by atoms with van der Waals surface area (Å²) >= 11 is 5.73. The summed E-state index contributed by atoms with van der Waals surface area (Å²) in [5.74, 6) is -0.220. The second kappa shape index (κ2) is 4.72. The van der Waals surface area contributed by atoms with Crippen LogP contribution in [0.4, 0.5) is 5.69 Å². The number of amides is 1. The van der Waals surface area contributed by atoms with E-state index in [0.29, 0.717) is 5.69 Å². The van der Waals surface area contributed by atoms with Gasteiger partial charge in [0.2, 0.25) is 5.91 Å². The molecule has 2 aromatic rings. The van der Waals surface area contributed by atoms with Gasteiger partial charge in [0, 0.05) is 11.1 Å². The number of benzene rings is 1. The van der Waals surface area contributed by atoms with E-state index < -0.39 is 5.38 Å². The van der Waals surface area contributed by atoms with Crippen LogP contribution in [-0.4, -0.2) is 16.3 Å². The SMILES string of the molecule is Cc1ccc2cccc(NC(=O)C(C)Cl)c2n1. The van der Waals surface area contributed by atoms with Crippen LogP contribution in [0.3, 0.4) is 0 Å². The van der Waals surface area contributed by atoms with Crippen molar-refractivity contribution in [3.8, 4) is 0 Å². The van der Waals surface area contributed by atoms with Crippen molar-refractivity contribution < 1.29 is 4.79 Å². The third kappa shape index (κ3) is 2.56. The van der Waals surface area contributed by atoms with Gasteiger partial charge in [-0.2, -0.15) is 0 Å². The summed E-state index contributed by atoms with van der Waals surface area (Å²) in [7, 11) is 0. The van der Waals surface area contributed by atoms with Crippen LogP contribution in [0, 0.1) is 6.92 Å². The summed E-state index contributed by atoms with van der Waals surface area (Å²) in [6.45, 7) is 3.56. The molecular weight excluding hydrogens is 236 g/mol. The molecule has 1 unspecified atom stereocenters.